The van der Waals surface area contributed by atoms with Gasteiger partial charge in [0, 0.05) is 6.07 Å². The minimum absolute atomic E-state index is 0.754. The Morgan fingerprint density at radius 2 is 2.13 bits per heavy atom. The maximum atomic E-state index is 5.25. The van der Waals surface area contributed by atoms with Crippen molar-refractivity contribution in [1.29, 1.82) is 0 Å². The van der Waals surface area contributed by atoms with Crippen LogP contribution in [-0.2, 0) is 6.42 Å². The van der Waals surface area contributed by atoms with E-state index < -0.39 is 0 Å². The van der Waals surface area contributed by atoms with Crippen molar-refractivity contribution in [3.05, 3.63) is 36.0 Å². The molecule has 0 aliphatic carbocycles. The third kappa shape index (κ3) is 1.86. The lowest BCUT2D eigenvalue weighted by Gasteiger charge is -2.03. The van der Waals surface area contributed by atoms with Crippen LogP contribution in [0.25, 0.3) is 11.3 Å². The molecule has 1 aromatic heterocycles. The topological polar surface area (TPSA) is 35.3 Å². The van der Waals surface area contributed by atoms with Crippen LogP contribution in [0.4, 0.5) is 0 Å². The average Bonchev–Trinajstić information content (AvgIpc) is 2.77. The van der Waals surface area contributed by atoms with Crippen LogP contribution in [0, 0.1) is 0 Å². The zero-order valence-electron chi connectivity index (χ0n) is 8.86. The van der Waals surface area contributed by atoms with E-state index in [1.165, 1.54) is 0 Å². The van der Waals surface area contributed by atoms with E-state index in [0.717, 1.165) is 29.2 Å². The fraction of sp³-hybridized carbons (Fsp3) is 0.250. The Morgan fingerprint density at radius 3 is 2.80 bits per heavy atom. The molecule has 3 heteroatoms. The van der Waals surface area contributed by atoms with E-state index >= 15 is 0 Å². The number of methoxy groups -OCH3 is 1. The van der Waals surface area contributed by atoms with E-state index in [9.17, 15) is 0 Å². The van der Waals surface area contributed by atoms with Crippen LogP contribution in [-0.4, -0.2) is 12.3 Å². The average molecular weight is 203 g/mol. The highest BCUT2D eigenvalue weighted by Crippen LogP contribution is 2.29. The Labute approximate surface area is 88.7 Å². The van der Waals surface area contributed by atoms with Crippen molar-refractivity contribution < 1.29 is 9.26 Å². The summed E-state index contributed by atoms with van der Waals surface area (Å²) in [6.45, 7) is 2.05. The molecule has 2 aromatic rings. The lowest BCUT2D eigenvalue weighted by atomic mass is 10.1. The first-order valence-electron chi connectivity index (χ1n) is 4.94. The standard InChI is InChI=1S/C12H13NO2/c1-3-9-8-12(15-13-9)10-6-4-5-7-11(10)14-2/h4-8H,3H2,1-2H3. The van der Waals surface area contributed by atoms with E-state index in [1.807, 2.05) is 37.3 Å². The summed E-state index contributed by atoms with van der Waals surface area (Å²) in [6.07, 6.45) is 0.874. The number of nitrogens with zero attached hydrogens (tertiary/aromatic N) is 1. The van der Waals surface area contributed by atoms with E-state index in [1.54, 1.807) is 7.11 Å². The highest BCUT2D eigenvalue weighted by molar-refractivity contribution is 5.65. The molecule has 0 saturated heterocycles. The van der Waals surface area contributed by atoms with E-state index in [0.29, 0.717) is 0 Å². The molecule has 0 amide bonds. The first-order chi connectivity index (χ1) is 7.35. The molecule has 0 aliphatic heterocycles. The van der Waals surface area contributed by atoms with E-state index in [2.05, 4.69) is 5.16 Å². The molecule has 1 aromatic carbocycles. The fourth-order valence-electron chi connectivity index (χ4n) is 1.45. The Bertz CT molecular complexity index is 448. The van der Waals surface area contributed by atoms with Crippen LogP contribution in [0.2, 0.25) is 0 Å². The number of benzene rings is 1. The molecule has 0 atom stereocenters. The van der Waals surface area contributed by atoms with Crippen molar-refractivity contribution in [2.45, 2.75) is 13.3 Å². The number of aromatic nitrogens is 1. The first-order valence-corrected chi connectivity index (χ1v) is 4.94. The molecular weight excluding hydrogens is 190 g/mol. The first kappa shape index (κ1) is 9.77. The summed E-state index contributed by atoms with van der Waals surface area (Å²) >= 11 is 0. The van der Waals surface area contributed by atoms with Crippen LogP contribution in [0.5, 0.6) is 5.75 Å². The van der Waals surface area contributed by atoms with Gasteiger partial charge in [0.1, 0.15) is 5.75 Å². The van der Waals surface area contributed by atoms with Gasteiger partial charge in [-0.2, -0.15) is 0 Å². The summed E-state index contributed by atoms with van der Waals surface area (Å²) in [5.41, 5.74) is 1.89. The van der Waals surface area contributed by atoms with Gasteiger partial charge in [0.25, 0.3) is 0 Å². The Morgan fingerprint density at radius 1 is 1.33 bits per heavy atom. The van der Waals surface area contributed by atoms with Gasteiger partial charge in [-0.05, 0) is 18.6 Å². The van der Waals surface area contributed by atoms with Crippen LogP contribution in [0.15, 0.2) is 34.9 Å². The Balaban J connectivity index is 2.44. The van der Waals surface area contributed by atoms with Crippen molar-refractivity contribution >= 4 is 0 Å². The molecule has 15 heavy (non-hydrogen) atoms. The number of rotatable bonds is 3. The zero-order valence-corrected chi connectivity index (χ0v) is 8.86. The van der Waals surface area contributed by atoms with Gasteiger partial charge in [-0.3, -0.25) is 0 Å². The Hall–Kier alpha value is -1.77. The molecule has 1 heterocycles. The van der Waals surface area contributed by atoms with Crippen molar-refractivity contribution in [3.8, 4) is 17.1 Å². The molecule has 0 saturated carbocycles. The maximum Gasteiger partial charge on any atom is 0.170 e. The van der Waals surface area contributed by atoms with Gasteiger partial charge < -0.3 is 9.26 Å². The molecule has 0 aliphatic rings. The SMILES string of the molecule is CCc1cc(-c2ccccc2OC)on1. The highest BCUT2D eigenvalue weighted by atomic mass is 16.5. The molecule has 0 spiro atoms. The number of para-hydroxylation sites is 1. The van der Waals surface area contributed by atoms with Gasteiger partial charge in [-0.1, -0.05) is 24.2 Å². The molecule has 3 nitrogen and oxygen atoms in total. The monoisotopic (exact) mass is 203 g/mol. The third-order valence-corrected chi connectivity index (χ3v) is 2.29. The fourth-order valence-corrected chi connectivity index (χ4v) is 1.45. The lowest BCUT2D eigenvalue weighted by molar-refractivity contribution is 0.404. The van der Waals surface area contributed by atoms with Gasteiger partial charge in [-0.25, -0.2) is 0 Å². The molecule has 2 rings (SSSR count). The number of hydrogen-bond donors (Lipinski definition) is 0. The predicted molar refractivity (Wildman–Crippen MR) is 57.9 cm³/mol. The Kier molecular flexibility index (Phi) is 2.72. The summed E-state index contributed by atoms with van der Waals surface area (Å²) < 4.78 is 10.5. The summed E-state index contributed by atoms with van der Waals surface area (Å²) in [5.74, 6) is 1.56. The molecule has 0 radical (unpaired) electrons. The summed E-state index contributed by atoms with van der Waals surface area (Å²) in [6, 6.07) is 9.69. The number of hydrogen-bond acceptors (Lipinski definition) is 3. The second-order valence-corrected chi connectivity index (χ2v) is 3.24. The van der Waals surface area contributed by atoms with Gasteiger partial charge in [0.2, 0.25) is 0 Å². The predicted octanol–water partition coefficient (Wildman–Crippen LogP) is 2.91. The van der Waals surface area contributed by atoms with Crippen LogP contribution in [0.3, 0.4) is 0 Å². The van der Waals surface area contributed by atoms with Crippen molar-refractivity contribution in [3.63, 3.8) is 0 Å². The third-order valence-electron chi connectivity index (χ3n) is 2.29. The number of aryl methyl sites for hydroxylation is 1. The maximum absolute atomic E-state index is 5.25. The smallest absolute Gasteiger partial charge is 0.170 e. The van der Waals surface area contributed by atoms with E-state index in [-0.39, 0.29) is 0 Å². The van der Waals surface area contributed by atoms with Gasteiger partial charge >= 0.3 is 0 Å². The van der Waals surface area contributed by atoms with Crippen molar-refractivity contribution in [2.24, 2.45) is 0 Å². The van der Waals surface area contributed by atoms with Crippen molar-refractivity contribution in [1.82, 2.24) is 5.16 Å². The minimum atomic E-state index is 0.754. The molecular formula is C12H13NO2. The minimum Gasteiger partial charge on any atom is -0.496 e. The molecule has 0 fully saturated rings. The van der Waals surface area contributed by atoms with E-state index in [4.69, 9.17) is 9.26 Å². The van der Waals surface area contributed by atoms with Gasteiger partial charge in [-0.15, -0.1) is 0 Å². The van der Waals surface area contributed by atoms with Crippen LogP contribution >= 0.6 is 0 Å². The largest absolute Gasteiger partial charge is 0.496 e. The highest BCUT2D eigenvalue weighted by Gasteiger charge is 2.09. The zero-order chi connectivity index (χ0) is 10.7. The summed E-state index contributed by atoms with van der Waals surface area (Å²) in [4.78, 5) is 0. The molecule has 0 bridgehead atoms. The second kappa shape index (κ2) is 4.17. The van der Waals surface area contributed by atoms with Gasteiger partial charge in [0.05, 0.1) is 18.4 Å². The van der Waals surface area contributed by atoms with Crippen molar-refractivity contribution in [2.75, 3.05) is 7.11 Å². The van der Waals surface area contributed by atoms with Crippen LogP contribution < -0.4 is 4.74 Å². The van der Waals surface area contributed by atoms with Gasteiger partial charge in [0.15, 0.2) is 5.76 Å². The summed E-state index contributed by atoms with van der Waals surface area (Å²) in [7, 11) is 1.65. The lowest BCUT2D eigenvalue weighted by Crippen LogP contribution is -1.85. The quantitative estimate of drug-likeness (QED) is 0.769. The molecule has 0 unspecified atom stereocenters. The summed E-state index contributed by atoms with van der Waals surface area (Å²) in [5, 5.41) is 3.96. The normalized spacial score (nSPS) is 10.3. The molecule has 78 valence electrons. The van der Waals surface area contributed by atoms with Crippen LogP contribution in [0.1, 0.15) is 12.6 Å². The second-order valence-electron chi connectivity index (χ2n) is 3.24. The number of ether oxygens (including phenoxy) is 1. The molecule has 0 N–H and O–H groups in total.